The Bertz CT molecular complexity index is 1830. The van der Waals surface area contributed by atoms with Crippen LogP contribution in [0.4, 0.5) is 20.2 Å². The van der Waals surface area contributed by atoms with Crippen LogP contribution in [0.1, 0.15) is 20.8 Å². The third kappa shape index (κ3) is 5.12. The number of nitrogens with zero attached hydrogens (tertiary/aromatic N) is 1. The molecule has 0 radical (unpaired) electrons. The van der Waals surface area contributed by atoms with Crippen LogP contribution in [0, 0.1) is 11.6 Å². The smallest absolute Gasteiger partial charge is 0.147 e. The predicted octanol–water partition coefficient (Wildman–Crippen LogP) is 11.1. The molecule has 41 heavy (non-hydrogen) atoms. The summed E-state index contributed by atoms with van der Waals surface area (Å²) in [6.45, 7) is 5.88. The van der Waals surface area contributed by atoms with Gasteiger partial charge in [-0.1, -0.05) is 109 Å². The first-order chi connectivity index (χ1) is 19.8. The van der Waals surface area contributed by atoms with Crippen LogP contribution in [0.25, 0.3) is 44.2 Å². The van der Waals surface area contributed by atoms with Crippen LogP contribution in [0.5, 0.6) is 0 Å². The second-order valence-corrected chi connectivity index (χ2v) is 11.3. The molecule has 1 nitrogen and oxygen atoms in total. The number of fused-ring (bicyclic) bond motifs is 1. The minimum atomic E-state index is -0.590. The van der Waals surface area contributed by atoms with E-state index < -0.39 is 17.2 Å². The Balaban J connectivity index is 1.53. The molecule has 6 rings (SSSR count). The van der Waals surface area contributed by atoms with Gasteiger partial charge in [-0.05, 0) is 89.2 Å². The highest BCUT2D eigenvalue weighted by Crippen LogP contribution is 2.43. The van der Waals surface area contributed by atoms with Crippen LogP contribution in [-0.2, 0) is 0 Å². The first-order valence-corrected chi connectivity index (χ1v) is 13.8. The Morgan fingerprint density at radius 1 is 0.463 bits per heavy atom. The minimum Gasteiger partial charge on any atom is -0.331 e. The van der Waals surface area contributed by atoms with E-state index in [0.29, 0.717) is 11.4 Å². The van der Waals surface area contributed by atoms with Gasteiger partial charge in [-0.2, -0.15) is 0 Å². The summed E-state index contributed by atoms with van der Waals surface area (Å²) in [5.74, 6) is -0.798. The van der Waals surface area contributed by atoms with E-state index in [9.17, 15) is 0 Å². The van der Waals surface area contributed by atoms with Crippen molar-refractivity contribution in [3.8, 4) is 33.4 Å². The lowest BCUT2D eigenvalue weighted by Crippen LogP contribution is -2.38. The number of rotatable bonds is 5. The molecular formula is C38H31F2N. The summed E-state index contributed by atoms with van der Waals surface area (Å²) in [4.78, 5) is 1.75. The van der Waals surface area contributed by atoms with Gasteiger partial charge in [0.15, 0.2) is 0 Å². The van der Waals surface area contributed by atoms with Crippen LogP contribution in [0.3, 0.4) is 0 Å². The van der Waals surface area contributed by atoms with Crippen molar-refractivity contribution in [3.63, 3.8) is 0 Å². The molecule has 0 bridgehead atoms. The van der Waals surface area contributed by atoms with Gasteiger partial charge in [-0.25, -0.2) is 8.78 Å². The molecule has 0 saturated heterocycles. The highest BCUT2D eigenvalue weighted by atomic mass is 19.1. The molecule has 0 aliphatic heterocycles. The van der Waals surface area contributed by atoms with E-state index >= 15 is 8.78 Å². The monoisotopic (exact) mass is 539 g/mol. The Kier molecular flexibility index (Phi) is 6.88. The molecule has 0 amide bonds. The van der Waals surface area contributed by atoms with Gasteiger partial charge in [-0.15, -0.1) is 0 Å². The molecule has 0 saturated carbocycles. The first kappa shape index (κ1) is 26.5. The Morgan fingerprint density at radius 2 is 1.02 bits per heavy atom. The summed E-state index contributed by atoms with van der Waals surface area (Å²) >= 11 is 0. The van der Waals surface area contributed by atoms with E-state index in [4.69, 9.17) is 0 Å². The van der Waals surface area contributed by atoms with Gasteiger partial charge in [0, 0.05) is 5.54 Å². The molecule has 0 aliphatic carbocycles. The number of benzene rings is 6. The molecule has 0 aromatic heterocycles. The number of para-hydroxylation sites is 1. The van der Waals surface area contributed by atoms with Crippen LogP contribution < -0.4 is 4.90 Å². The third-order valence-electron chi connectivity index (χ3n) is 7.47. The lowest BCUT2D eigenvalue weighted by Gasteiger charge is -2.38. The quantitative estimate of drug-likeness (QED) is 0.211. The average molecular weight is 540 g/mol. The zero-order valence-electron chi connectivity index (χ0n) is 23.4. The second kappa shape index (κ2) is 10.7. The van der Waals surface area contributed by atoms with Crippen LogP contribution >= 0.6 is 0 Å². The summed E-state index contributed by atoms with van der Waals surface area (Å²) in [6.07, 6.45) is 0. The summed E-state index contributed by atoms with van der Waals surface area (Å²) in [5.41, 5.74) is 5.88. The maximum absolute atomic E-state index is 16.1. The van der Waals surface area contributed by atoms with Gasteiger partial charge in [0.25, 0.3) is 0 Å². The van der Waals surface area contributed by atoms with E-state index in [1.54, 1.807) is 29.2 Å². The first-order valence-electron chi connectivity index (χ1n) is 13.8. The molecule has 202 valence electrons. The largest absolute Gasteiger partial charge is 0.331 e. The summed E-state index contributed by atoms with van der Waals surface area (Å²) < 4.78 is 31.2. The molecule has 6 aromatic carbocycles. The van der Waals surface area contributed by atoms with Gasteiger partial charge in [0.05, 0.1) is 11.4 Å². The zero-order valence-corrected chi connectivity index (χ0v) is 23.4. The minimum absolute atomic E-state index is 0.329. The highest BCUT2D eigenvalue weighted by molar-refractivity contribution is 5.97. The van der Waals surface area contributed by atoms with Crippen molar-refractivity contribution >= 4 is 22.1 Å². The van der Waals surface area contributed by atoms with Gasteiger partial charge in [0.2, 0.25) is 0 Å². The molecule has 6 aromatic rings. The Hall–Kier alpha value is -4.76. The predicted molar refractivity (Wildman–Crippen MR) is 169 cm³/mol. The summed E-state index contributed by atoms with van der Waals surface area (Å²) in [6, 6.07) is 42.9. The van der Waals surface area contributed by atoms with Crippen molar-refractivity contribution in [2.75, 3.05) is 4.90 Å². The fourth-order valence-corrected chi connectivity index (χ4v) is 5.62. The number of anilines is 2. The van der Waals surface area contributed by atoms with Crippen LogP contribution in [0.2, 0.25) is 0 Å². The second-order valence-electron chi connectivity index (χ2n) is 11.3. The lowest BCUT2D eigenvalue weighted by molar-refractivity contribution is 0.527. The van der Waals surface area contributed by atoms with Gasteiger partial charge in [0.1, 0.15) is 11.6 Å². The van der Waals surface area contributed by atoms with Gasteiger partial charge < -0.3 is 4.90 Å². The standard InChI is InChI=1S/C38H31F2N/c1-38(2,3)41(36-19-10-9-18-34(36)39)37-25-33(32(24-35(37)40)27-12-5-4-6-13-27)29-22-20-28(21-23-29)31-17-11-15-26-14-7-8-16-30(26)31/h4-25H,1-3H3. The molecule has 3 heteroatoms. The molecule has 0 N–H and O–H groups in total. The summed E-state index contributed by atoms with van der Waals surface area (Å²) in [7, 11) is 0. The number of hydrogen-bond donors (Lipinski definition) is 0. The normalized spacial score (nSPS) is 11.5. The topological polar surface area (TPSA) is 3.24 Å². The van der Waals surface area contributed by atoms with E-state index in [2.05, 4.69) is 66.7 Å². The molecule has 0 fully saturated rings. The van der Waals surface area contributed by atoms with E-state index in [1.807, 2.05) is 57.2 Å². The van der Waals surface area contributed by atoms with E-state index in [-0.39, 0.29) is 0 Å². The van der Waals surface area contributed by atoms with Crippen molar-refractivity contribution in [1.82, 2.24) is 0 Å². The maximum Gasteiger partial charge on any atom is 0.147 e. The average Bonchev–Trinajstić information content (AvgIpc) is 2.98. The summed E-state index contributed by atoms with van der Waals surface area (Å²) in [5, 5.41) is 2.39. The SMILES string of the molecule is CC(C)(C)N(c1ccccc1F)c1cc(-c2ccc(-c3cccc4ccccc34)cc2)c(-c2ccccc2)cc1F. The van der Waals surface area contributed by atoms with Crippen LogP contribution in [0.15, 0.2) is 133 Å². The molecule has 0 heterocycles. The van der Waals surface area contributed by atoms with E-state index in [0.717, 1.165) is 33.4 Å². The maximum atomic E-state index is 16.1. The molecule has 0 spiro atoms. The number of halogens is 2. The Labute approximate surface area is 240 Å². The van der Waals surface area contributed by atoms with Crippen molar-refractivity contribution in [2.24, 2.45) is 0 Å². The fraction of sp³-hybridized carbons (Fsp3) is 0.105. The van der Waals surface area contributed by atoms with Gasteiger partial charge >= 0.3 is 0 Å². The molecule has 0 atom stereocenters. The third-order valence-corrected chi connectivity index (χ3v) is 7.47. The van der Waals surface area contributed by atoms with Gasteiger partial charge in [-0.3, -0.25) is 0 Å². The van der Waals surface area contributed by atoms with Crippen LogP contribution in [-0.4, -0.2) is 5.54 Å². The van der Waals surface area contributed by atoms with Crippen molar-refractivity contribution in [3.05, 3.63) is 145 Å². The Morgan fingerprint density at radius 3 is 1.73 bits per heavy atom. The molecular weight excluding hydrogens is 508 g/mol. The molecule has 0 unspecified atom stereocenters. The lowest BCUT2D eigenvalue weighted by atomic mass is 9.91. The van der Waals surface area contributed by atoms with Crippen molar-refractivity contribution in [1.29, 1.82) is 0 Å². The molecule has 0 aliphatic rings. The van der Waals surface area contributed by atoms with Crippen molar-refractivity contribution < 1.29 is 8.78 Å². The van der Waals surface area contributed by atoms with Crippen molar-refractivity contribution in [2.45, 2.75) is 26.3 Å². The van der Waals surface area contributed by atoms with E-state index in [1.165, 1.54) is 16.8 Å². The highest BCUT2D eigenvalue weighted by Gasteiger charge is 2.29. The zero-order chi connectivity index (χ0) is 28.6. The number of hydrogen-bond acceptors (Lipinski definition) is 1. The fourth-order valence-electron chi connectivity index (χ4n) is 5.62.